The second-order valence-electron chi connectivity index (χ2n) is 4.97. The lowest BCUT2D eigenvalue weighted by molar-refractivity contribution is -0.139. The van der Waals surface area contributed by atoms with E-state index >= 15 is 0 Å². The number of carbonyl (C=O) groups is 1. The number of nitrogens with one attached hydrogen (secondary N) is 1. The number of rotatable bonds is 7. The summed E-state index contributed by atoms with van der Waals surface area (Å²) in [6.07, 6.45) is 0. The van der Waals surface area contributed by atoms with Crippen LogP contribution in [0.2, 0.25) is 5.02 Å². The Bertz CT molecular complexity index is 631. The minimum absolute atomic E-state index is 0.373. The zero-order chi connectivity index (χ0) is 15.9. The maximum Gasteiger partial charge on any atom is 0.320 e. The van der Waals surface area contributed by atoms with Gasteiger partial charge in [-0.15, -0.1) is 0 Å². The first-order chi connectivity index (χ1) is 10.6. The van der Waals surface area contributed by atoms with Gasteiger partial charge in [0.15, 0.2) is 0 Å². The summed E-state index contributed by atoms with van der Waals surface area (Å²) in [4.78, 5) is 10.9. The Kier molecular flexibility index (Phi) is 5.81. The molecule has 0 heterocycles. The van der Waals surface area contributed by atoms with Crippen molar-refractivity contribution in [2.75, 3.05) is 0 Å². The van der Waals surface area contributed by atoms with E-state index in [0.717, 1.165) is 11.1 Å². The average Bonchev–Trinajstić information content (AvgIpc) is 2.52. The molecule has 2 rings (SSSR count). The third-order valence-electron chi connectivity index (χ3n) is 3.23. The van der Waals surface area contributed by atoms with Crippen molar-refractivity contribution in [1.29, 1.82) is 0 Å². The average molecular weight is 320 g/mol. The first-order valence-corrected chi connectivity index (χ1v) is 7.35. The number of halogens is 1. The molecule has 5 heteroatoms. The molecular formula is C17H18ClNO3. The van der Waals surface area contributed by atoms with E-state index in [4.69, 9.17) is 21.4 Å². The highest BCUT2D eigenvalue weighted by molar-refractivity contribution is 6.30. The van der Waals surface area contributed by atoms with Crippen LogP contribution in [-0.2, 0) is 17.9 Å². The third-order valence-corrected chi connectivity index (χ3v) is 3.46. The molecule has 0 aliphatic heterocycles. The number of hydrogen-bond acceptors (Lipinski definition) is 3. The van der Waals surface area contributed by atoms with Crippen molar-refractivity contribution >= 4 is 17.6 Å². The first-order valence-electron chi connectivity index (χ1n) is 6.97. The number of hydrogen-bond donors (Lipinski definition) is 2. The maximum atomic E-state index is 10.9. The molecule has 0 spiro atoms. The molecule has 1 unspecified atom stereocenters. The van der Waals surface area contributed by atoms with Crippen LogP contribution < -0.4 is 10.1 Å². The first kappa shape index (κ1) is 16.3. The highest BCUT2D eigenvalue weighted by Crippen LogP contribution is 2.24. The molecule has 0 amide bonds. The Balaban J connectivity index is 2.05. The summed E-state index contributed by atoms with van der Waals surface area (Å²) in [6, 6.07) is 14.5. The minimum atomic E-state index is -0.895. The van der Waals surface area contributed by atoms with Gasteiger partial charge < -0.3 is 15.2 Å². The molecule has 0 saturated carbocycles. The number of carboxylic acids is 1. The van der Waals surface area contributed by atoms with E-state index in [0.29, 0.717) is 23.9 Å². The summed E-state index contributed by atoms with van der Waals surface area (Å²) in [5.41, 5.74) is 1.90. The Morgan fingerprint density at radius 2 is 2.00 bits per heavy atom. The Hall–Kier alpha value is -2.04. The molecule has 116 valence electrons. The van der Waals surface area contributed by atoms with E-state index < -0.39 is 12.0 Å². The zero-order valence-corrected chi connectivity index (χ0v) is 13.0. The molecule has 1 atom stereocenters. The maximum absolute atomic E-state index is 10.9. The molecule has 0 aliphatic rings. The fourth-order valence-electron chi connectivity index (χ4n) is 1.91. The minimum Gasteiger partial charge on any atom is -0.489 e. The molecule has 2 aromatic rings. The van der Waals surface area contributed by atoms with Gasteiger partial charge in [-0.25, -0.2) is 0 Å². The van der Waals surface area contributed by atoms with E-state index in [1.165, 1.54) is 0 Å². The normalized spacial score (nSPS) is 11.9. The topological polar surface area (TPSA) is 58.6 Å². The van der Waals surface area contributed by atoms with Crippen molar-refractivity contribution in [2.24, 2.45) is 0 Å². The van der Waals surface area contributed by atoms with Gasteiger partial charge in [0, 0.05) is 17.1 Å². The van der Waals surface area contributed by atoms with E-state index in [1.54, 1.807) is 25.1 Å². The largest absolute Gasteiger partial charge is 0.489 e. The van der Waals surface area contributed by atoms with Gasteiger partial charge in [0.1, 0.15) is 18.4 Å². The van der Waals surface area contributed by atoms with Gasteiger partial charge in [-0.05, 0) is 30.7 Å². The van der Waals surface area contributed by atoms with E-state index in [2.05, 4.69) is 5.32 Å². The van der Waals surface area contributed by atoms with Gasteiger partial charge >= 0.3 is 5.97 Å². The van der Waals surface area contributed by atoms with Crippen molar-refractivity contribution in [3.8, 4) is 5.75 Å². The van der Waals surface area contributed by atoms with Crippen LogP contribution in [0.25, 0.3) is 0 Å². The van der Waals surface area contributed by atoms with Gasteiger partial charge in [0.05, 0.1) is 0 Å². The second kappa shape index (κ2) is 7.82. The molecule has 22 heavy (non-hydrogen) atoms. The summed E-state index contributed by atoms with van der Waals surface area (Å²) in [6.45, 7) is 2.42. The molecule has 0 aliphatic carbocycles. The Morgan fingerprint density at radius 3 is 2.68 bits per heavy atom. The molecular weight excluding hydrogens is 302 g/mol. The SMILES string of the molecule is CC(NCc1cc(Cl)ccc1OCc1ccccc1)C(=O)O. The van der Waals surface area contributed by atoms with Crippen LogP contribution in [0.3, 0.4) is 0 Å². The zero-order valence-electron chi connectivity index (χ0n) is 12.3. The van der Waals surface area contributed by atoms with Crippen molar-refractivity contribution in [3.63, 3.8) is 0 Å². The predicted molar refractivity (Wildman–Crippen MR) is 86.2 cm³/mol. The van der Waals surface area contributed by atoms with Crippen LogP contribution in [-0.4, -0.2) is 17.1 Å². The molecule has 0 aromatic heterocycles. The highest BCUT2D eigenvalue weighted by atomic mass is 35.5. The highest BCUT2D eigenvalue weighted by Gasteiger charge is 2.12. The smallest absolute Gasteiger partial charge is 0.320 e. The van der Waals surface area contributed by atoms with Gasteiger partial charge in [-0.1, -0.05) is 41.9 Å². The van der Waals surface area contributed by atoms with E-state index in [-0.39, 0.29) is 0 Å². The molecule has 0 saturated heterocycles. The van der Waals surface area contributed by atoms with Gasteiger partial charge in [-0.2, -0.15) is 0 Å². The summed E-state index contributed by atoms with van der Waals surface area (Å²) < 4.78 is 5.82. The molecule has 0 fully saturated rings. The van der Waals surface area contributed by atoms with Gasteiger partial charge in [0.25, 0.3) is 0 Å². The van der Waals surface area contributed by atoms with E-state index in [1.807, 2.05) is 30.3 Å². The van der Waals surface area contributed by atoms with Crippen LogP contribution in [0.4, 0.5) is 0 Å². The fourth-order valence-corrected chi connectivity index (χ4v) is 2.11. The lowest BCUT2D eigenvalue weighted by atomic mass is 10.2. The summed E-state index contributed by atoms with van der Waals surface area (Å²) >= 11 is 6.01. The van der Waals surface area contributed by atoms with Gasteiger partial charge in [-0.3, -0.25) is 4.79 Å². The summed E-state index contributed by atoms with van der Waals surface area (Å²) in [7, 11) is 0. The standard InChI is InChI=1S/C17H18ClNO3/c1-12(17(20)21)19-10-14-9-15(18)7-8-16(14)22-11-13-5-3-2-4-6-13/h2-9,12,19H,10-11H2,1H3,(H,20,21). The molecule has 4 nitrogen and oxygen atoms in total. The molecule has 0 bridgehead atoms. The summed E-state index contributed by atoms with van der Waals surface area (Å²) in [5, 5.41) is 12.4. The Morgan fingerprint density at radius 1 is 1.27 bits per heavy atom. The Labute approximate surface area is 134 Å². The number of aliphatic carboxylic acids is 1. The molecule has 0 radical (unpaired) electrons. The second-order valence-corrected chi connectivity index (χ2v) is 5.40. The molecule has 2 aromatic carbocycles. The fraction of sp³-hybridized carbons (Fsp3) is 0.235. The third kappa shape index (κ3) is 4.76. The lowest BCUT2D eigenvalue weighted by Gasteiger charge is -2.14. The van der Waals surface area contributed by atoms with Crippen LogP contribution >= 0.6 is 11.6 Å². The van der Waals surface area contributed by atoms with Crippen LogP contribution in [0, 0.1) is 0 Å². The van der Waals surface area contributed by atoms with Gasteiger partial charge in [0.2, 0.25) is 0 Å². The van der Waals surface area contributed by atoms with E-state index in [9.17, 15) is 4.79 Å². The van der Waals surface area contributed by atoms with Crippen LogP contribution in [0.5, 0.6) is 5.75 Å². The summed E-state index contributed by atoms with van der Waals surface area (Å²) in [5.74, 6) is -0.202. The lowest BCUT2D eigenvalue weighted by Crippen LogP contribution is -2.33. The van der Waals surface area contributed by atoms with Crippen molar-refractivity contribution < 1.29 is 14.6 Å². The number of ether oxygens (including phenoxy) is 1. The number of benzene rings is 2. The van der Waals surface area contributed by atoms with Crippen molar-refractivity contribution in [1.82, 2.24) is 5.32 Å². The monoisotopic (exact) mass is 319 g/mol. The molecule has 2 N–H and O–H groups in total. The quantitative estimate of drug-likeness (QED) is 0.820. The van der Waals surface area contributed by atoms with Crippen molar-refractivity contribution in [3.05, 3.63) is 64.7 Å². The van der Waals surface area contributed by atoms with Crippen LogP contribution in [0.1, 0.15) is 18.1 Å². The predicted octanol–water partition coefficient (Wildman–Crippen LogP) is 3.48. The number of carboxylic acid groups (broad SMARTS) is 1. The van der Waals surface area contributed by atoms with Crippen molar-refractivity contribution in [2.45, 2.75) is 26.1 Å². The van der Waals surface area contributed by atoms with Crippen LogP contribution in [0.15, 0.2) is 48.5 Å².